The Balaban J connectivity index is 1.57. The fourth-order valence-electron chi connectivity index (χ4n) is 3.31. The molecule has 0 bridgehead atoms. The van der Waals surface area contributed by atoms with Gasteiger partial charge in [-0.2, -0.15) is 18.3 Å². The second-order valence-electron chi connectivity index (χ2n) is 6.92. The smallest absolute Gasteiger partial charge is 0.405 e. The van der Waals surface area contributed by atoms with Crippen LogP contribution in [0.4, 0.5) is 17.6 Å². The van der Waals surface area contributed by atoms with Crippen LogP contribution in [-0.4, -0.2) is 59.8 Å². The normalized spacial score (nSPS) is 15.2. The van der Waals surface area contributed by atoms with Crippen molar-refractivity contribution >= 4 is 11.8 Å². The van der Waals surface area contributed by atoms with Gasteiger partial charge in [0.2, 0.25) is 0 Å². The maximum absolute atomic E-state index is 13.8. The van der Waals surface area contributed by atoms with Crippen molar-refractivity contribution in [2.45, 2.75) is 24.9 Å². The van der Waals surface area contributed by atoms with E-state index in [1.807, 2.05) is 0 Å². The third-order valence-electron chi connectivity index (χ3n) is 4.90. The van der Waals surface area contributed by atoms with E-state index in [9.17, 15) is 27.2 Å². The monoisotopic (exact) mass is 428 g/mol. The Hall–Kier alpha value is -3.11. The van der Waals surface area contributed by atoms with E-state index in [-0.39, 0.29) is 28.8 Å². The lowest BCUT2D eigenvalue weighted by atomic mass is 9.93. The Labute approximate surface area is 169 Å². The zero-order chi connectivity index (χ0) is 21.9. The Morgan fingerprint density at radius 1 is 1.27 bits per heavy atom. The lowest BCUT2D eigenvalue weighted by molar-refractivity contribution is -0.123. The van der Waals surface area contributed by atoms with E-state index >= 15 is 0 Å². The van der Waals surface area contributed by atoms with Crippen LogP contribution in [0.3, 0.4) is 0 Å². The zero-order valence-corrected chi connectivity index (χ0v) is 16.1. The molecule has 3 rings (SSSR count). The highest BCUT2D eigenvalue weighted by Crippen LogP contribution is 2.28. The number of ether oxygens (including phenoxy) is 1. The summed E-state index contributed by atoms with van der Waals surface area (Å²) < 4.78 is 55.3. The van der Waals surface area contributed by atoms with Crippen molar-refractivity contribution in [3.63, 3.8) is 0 Å². The van der Waals surface area contributed by atoms with Crippen LogP contribution in [0.15, 0.2) is 24.3 Å². The predicted molar refractivity (Wildman–Crippen MR) is 97.8 cm³/mol. The molecule has 162 valence electrons. The number of hydrogen-bond acceptors (Lipinski definition) is 4. The second kappa shape index (κ2) is 8.72. The van der Waals surface area contributed by atoms with Crippen LogP contribution in [0.1, 0.15) is 45.3 Å². The highest BCUT2D eigenvalue weighted by Gasteiger charge is 2.29. The molecule has 1 fully saturated rings. The molecule has 2 heterocycles. The van der Waals surface area contributed by atoms with Crippen molar-refractivity contribution in [2.24, 2.45) is 0 Å². The average Bonchev–Trinajstić information content (AvgIpc) is 3.21. The van der Waals surface area contributed by atoms with Crippen molar-refractivity contribution in [1.29, 1.82) is 0 Å². The Morgan fingerprint density at radius 3 is 2.57 bits per heavy atom. The fourth-order valence-corrected chi connectivity index (χ4v) is 3.31. The number of carbonyl (C=O) groups is 2. The van der Waals surface area contributed by atoms with Crippen LogP contribution in [0, 0.1) is 5.82 Å². The molecule has 0 saturated carbocycles. The summed E-state index contributed by atoms with van der Waals surface area (Å²) in [6.07, 6.45) is -3.37. The molecule has 1 aromatic heterocycles. The largest absolute Gasteiger partial charge is 0.494 e. The highest BCUT2D eigenvalue weighted by atomic mass is 19.4. The number of rotatable bonds is 5. The summed E-state index contributed by atoms with van der Waals surface area (Å²) in [7, 11) is 1.34. The molecular weight excluding hydrogens is 408 g/mol. The van der Waals surface area contributed by atoms with E-state index in [4.69, 9.17) is 4.74 Å². The van der Waals surface area contributed by atoms with Crippen LogP contribution < -0.4 is 10.1 Å². The summed E-state index contributed by atoms with van der Waals surface area (Å²) >= 11 is 0. The van der Waals surface area contributed by atoms with E-state index in [1.165, 1.54) is 25.3 Å². The molecule has 1 aromatic carbocycles. The summed E-state index contributed by atoms with van der Waals surface area (Å²) in [6, 6.07) is 5.45. The number of nitrogens with zero attached hydrogens (tertiary/aromatic N) is 2. The third-order valence-corrected chi connectivity index (χ3v) is 4.90. The number of nitrogens with one attached hydrogen (secondary N) is 2. The Bertz CT molecular complexity index is 921. The van der Waals surface area contributed by atoms with Crippen LogP contribution in [-0.2, 0) is 0 Å². The molecule has 0 unspecified atom stereocenters. The van der Waals surface area contributed by atoms with Gasteiger partial charge in [-0.05, 0) is 37.1 Å². The van der Waals surface area contributed by atoms with Gasteiger partial charge >= 0.3 is 6.18 Å². The van der Waals surface area contributed by atoms with E-state index < -0.39 is 24.4 Å². The highest BCUT2D eigenvalue weighted by molar-refractivity contribution is 5.94. The van der Waals surface area contributed by atoms with Gasteiger partial charge in [0.1, 0.15) is 12.2 Å². The van der Waals surface area contributed by atoms with E-state index in [1.54, 1.807) is 10.2 Å². The number of halogens is 4. The van der Waals surface area contributed by atoms with Gasteiger partial charge in [0, 0.05) is 30.3 Å². The van der Waals surface area contributed by atoms with Gasteiger partial charge in [-0.3, -0.25) is 14.7 Å². The number of carbonyl (C=O) groups excluding carboxylic acids is 2. The van der Waals surface area contributed by atoms with Gasteiger partial charge in [-0.1, -0.05) is 0 Å². The lowest BCUT2D eigenvalue weighted by Crippen LogP contribution is -2.38. The van der Waals surface area contributed by atoms with Crippen molar-refractivity contribution in [3.8, 4) is 5.75 Å². The van der Waals surface area contributed by atoms with E-state index in [0.29, 0.717) is 31.6 Å². The number of likely N-dealkylation sites (tertiary alicyclic amines) is 1. The molecule has 0 atom stereocenters. The van der Waals surface area contributed by atoms with Crippen LogP contribution in [0.25, 0.3) is 0 Å². The molecule has 30 heavy (non-hydrogen) atoms. The maximum atomic E-state index is 13.8. The SMILES string of the molecule is COc1ccc(C(=O)N2CCC(c3cc(C(=O)NCC(F)(F)F)n[nH]3)CC2)cc1F. The first-order valence-electron chi connectivity index (χ1n) is 9.21. The molecular formula is C19H20F4N4O3. The second-order valence-corrected chi connectivity index (χ2v) is 6.92. The first-order chi connectivity index (χ1) is 14.2. The number of piperidine rings is 1. The topological polar surface area (TPSA) is 87.3 Å². The number of benzene rings is 1. The van der Waals surface area contributed by atoms with Crippen LogP contribution in [0.2, 0.25) is 0 Å². The molecule has 2 N–H and O–H groups in total. The van der Waals surface area contributed by atoms with Gasteiger partial charge in [0.25, 0.3) is 11.8 Å². The van der Waals surface area contributed by atoms with Crippen molar-refractivity contribution < 1.29 is 31.9 Å². The summed E-state index contributed by atoms with van der Waals surface area (Å²) in [4.78, 5) is 26.0. The van der Waals surface area contributed by atoms with Gasteiger partial charge in [-0.25, -0.2) is 4.39 Å². The molecule has 7 nitrogen and oxygen atoms in total. The van der Waals surface area contributed by atoms with Crippen LogP contribution >= 0.6 is 0 Å². The molecule has 0 spiro atoms. The van der Waals surface area contributed by atoms with Crippen molar-refractivity contribution in [1.82, 2.24) is 20.4 Å². The molecule has 0 radical (unpaired) electrons. The van der Waals surface area contributed by atoms with Gasteiger partial charge in [-0.15, -0.1) is 0 Å². The minimum Gasteiger partial charge on any atom is -0.494 e. The summed E-state index contributed by atoms with van der Waals surface area (Å²) in [6.45, 7) is -0.613. The minimum absolute atomic E-state index is 0.0293. The number of aromatic amines is 1. The first kappa shape index (κ1) is 21.6. The number of methoxy groups -OCH3 is 1. The fraction of sp³-hybridized carbons (Fsp3) is 0.421. The Kier molecular flexibility index (Phi) is 6.28. The number of hydrogen-bond donors (Lipinski definition) is 2. The zero-order valence-electron chi connectivity index (χ0n) is 16.1. The molecule has 1 aliphatic heterocycles. The standard InChI is InChI=1S/C19H20F4N4O3/c1-30-16-3-2-12(8-13(16)20)18(29)27-6-4-11(5-7-27)14-9-15(26-25-14)17(28)24-10-19(21,22)23/h2-3,8-9,11H,4-7,10H2,1H3,(H,24,28)(H,25,26). The summed E-state index contributed by atoms with van der Waals surface area (Å²) in [5.74, 6) is -1.80. The lowest BCUT2D eigenvalue weighted by Gasteiger charge is -2.31. The van der Waals surface area contributed by atoms with Gasteiger partial charge < -0.3 is 15.0 Å². The van der Waals surface area contributed by atoms with Crippen LogP contribution in [0.5, 0.6) is 5.75 Å². The van der Waals surface area contributed by atoms with Crippen molar-refractivity contribution in [2.75, 3.05) is 26.7 Å². The summed E-state index contributed by atoms with van der Waals surface area (Å²) in [5.41, 5.74) is 0.716. The van der Waals surface area contributed by atoms with E-state index in [0.717, 1.165) is 6.07 Å². The maximum Gasteiger partial charge on any atom is 0.405 e. The quantitative estimate of drug-likeness (QED) is 0.717. The number of H-pyrrole nitrogens is 1. The average molecular weight is 428 g/mol. The van der Waals surface area contributed by atoms with Crippen molar-refractivity contribution in [3.05, 3.63) is 47.0 Å². The number of alkyl halides is 3. The predicted octanol–water partition coefficient (Wildman–Crippen LogP) is 2.87. The molecule has 0 aliphatic carbocycles. The first-order valence-corrected chi connectivity index (χ1v) is 9.21. The number of amides is 2. The third kappa shape index (κ3) is 5.08. The molecule has 2 aromatic rings. The Morgan fingerprint density at radius 2 is 1.97 bits per heavy atom. The number of aromatic nitrogens is 2. The van der Waals surface area contributed by atoms with Gasteiger partial charge in [0.15, 0.2) is 11.6 Å². The van der Waals surface area contributed by atoms with Gasteiger partial charge in [0.05, 0.1) is 7.11 Å². The van der Waals surface area contributed by atoms with E-state index in [2.05, 4.69) is 10.2 Å². The minimum atomic E-state index is -4.50. The molecule has 11 heteroatoms. The molecule has 1 aliphatic rings. The summed E-state index contributed by atoms with van der Waals surface area (Å²) in [5, 5.41) is 8.24. The molecule has 1 saturated heterocycles. The molecule has 2 amide bonds.